The highest BCUT2D eigenvalue weighted by atomic mass is 16.3. The van der Waals surface area contributed by atoms with Crippen molar-refractivity contribution in [3.63, 3.8) is 0 Å². The van der Waals surface area contributed by atoms with E-state index in [1.54, 1.807) is 6.92 Å². The number of rotatable bonds is 1. The van der Waals surface area contributed by atoms with E-state index in [4.69, 9.17) is 9.52 Å². The maximum absolute atomic E-state index is 9.16. The first-order valence-corrected chi connectivity index (χ1v) is 3.36. The van der Waals surface area contributed by atoms with E-state index in [9.17, 15) is 0 Å². The number of hydrogen-bond acceptors (Lipinski definition) is 2. The monoisotopic (exact) mass is 140 g/mol. The van der Waals surface area contributed by atoms with Gasteiger partial charge in [-0.25, -0.2) is 0 Å². The summed E-state index contributed by atoms with van der Waals surface area (Å²) in [5.41, 5.74) is 0.887. The van der Waals surface area contributed by atoms with Crippen LogP contribution in [0.15, 0.2) is 10.5 Å². The molecule has 0 aliphatic rings. The van der Waals surface area contributed by atoms with Crippen LogP contribution >= 0.6 is 0 Å². The lowest BCUT2D eigenvalue weighted by molar-refractivity contribution is 0.197. The van der Waals surface area contributed by atoms with E-state index in [1.807, 2.05) is 19.9 Å². The van der Waals surface area contributed by atoms with E-state index in [2.05, 4.69) is 0 Å². The molecular formula is C8H12O2. The summed E-state index contributed by atoms with van der Waals surface area (Å²) in [5, 5.41) is 9.16. The molecule has 0 saturated heterocycles. The summed E-state index contributed by atoms with van der Waals surface area (Å²) >= 11 is 0. The van der Waals surface area contributed by atoms with Gasteiger partial charge in [0, 0.05) is 5.56 Å². The molecule has 1 aromatic rings. The first-order valence-electron chi connectivity index (χ1n) is 3.36. The average molecular weight is 140 g/mol. The van der Waals surface area contributed by atoms with E-state index in [1.165, 1.54) is 0 Å². The molecule has 2 nitrogen and oxygen atoms in total. The third kappa shape index (κ3) is 1.21. The van der Waals surface area contributed by atoms with Gasteiger partial charge in [-0.2, -0.15) is 0 Å². The normalized spacial score (nSPS) is 13.6. The molecule has 0 aliphatic carbocycles. The van der Waals surface area contributed by atoms with E-state index in [0.717, 1.165) is 17.1 Å². The Hall–Kier alpha value is -0.760. The molecule has 0 radical (unpaired) electrons. The lowest BCUT2D eigenvalue weighted by Gasteiger charge is -1.98. The standard InChI is InChI=1S/C8H12O2/c1-5-4-8(6(2)9)7(3)10-5/h4,6,9H,1-3H3. The summed E-state index contributed by atoms with van der Waals surface area (Å²) in [6.07, 6.45) is -0.419. The molecule has 1 aromatic heterocycles. The van der Waals surface area contributed by atoms with Gasteiger partial charge in [0.25, 0.3) is 0 Å². The van der Waals surface area contributed by atoms with Crippen LogP contribution in [0.25, 0.3) is 0 Å². The minimum atomic E-state index is -0.419. The third-order valence-electron chi connectivity index (χ3n) is 1.53. The number of hydrogen-bond donors (Lipinski definition) is 1. The van der Waals surface area contributed by atoms with Gasteiger partial charge < -0.3 is 9.52 Å². The number of furan rings is 1. The average Bonchev–Trinajstić information content (AvgIpc) is 2.10. The summed E-state index contributed by atoms with van der Waals surface area (Å²) in [6.45, 7) is 5.46. The molecule has 0 saturated carbocycles. The highest BCUT2D eigenvalue weighted by Crippen LogP contribution is 2.20. The van der Waals surface area contributed by atoms with Crippen molar-refractivity contribution in [2.75, 3.05) is 0 Å². The number of aliphatic hydroxyl groups excluding tert-OH is 1. The largest absolute Gasteiger partial charge is 0.466 e. The highest BCUT2D eigenvalue weighted by Gasteiger charge is 2.08. The van der Waals surface area contributed by atoms with Gasteiger partial charge in [0.1, 0.15) is 11.5 Å². The van der Waals surface area contributed by atoms with Gasteiger partial charge in [0.2, 0.25) is 0 Å². The molecule has 56 valence electrons. The molecule has 1 atom stereocenters. The van der Waals surface area contributed by atoms with Crippen molar-refractivity contribution in [2.24, 2.45) is 0 Å². The molecule has 0 spiro atoms. The van der Waals surface area contributed by atoms with Crippen molar-refractivity contribution < 1.29 is 9.52 Å². The second-order valence-electron chi connectivity index (χ2n) is 2.54. The van der Waals surface area contributed by atoms with Gasteiger partial charge >= 0.3 is 0 Å². The molecule has 1 unspecified atom stereocenters. The minimum absolute atomic E-state index is 0.419. The van der Waals surface area contributed by atoms with Gasteiger partial charge in [0.05, 0.1) is 6.10 Å². The van der Waals surface area contributed by atoms with E-state index in [0.29, 0.717) is 0 Å². The maximum atomic E-state index is 9.16. The molecule has 0 fully saturated rings. The Bertz CT molecular complexity index is 223. The molecule has 0 aliphatic heterocycles. The van der Waals surface area contributed by atoms with Gasteiger partial charge in [-0.15, -0.1) is 0 Å². The second kappa shape index (κ2) is 2.46. The summed E-state index contributed by atoms with van der Waals surface area (Å²) in [6, 6.07) is 1.86. The van der Waals surface area contributed by atoms with E-state index >= 15 is 0 Å². The van der Waals surface area contributed by atoms with Crippen LogP contribution in [0.4, 0.5) is 0 Å². The Balaban J connectivity index is 3.03. The Morgan fingerprint density at radius 2 is 2.10 bits per heavy atom. The topological polar surface area (TPSA) is 33.4 Å². The molecular weight excluding hydrogens is 128 g/mol. The minimum Gasteiger partial charge on any atom is -0.466 e. The lowest BCUT2D eigenvalue weighted by atomic mass is 10.1. The summed E-state index contributed by atoms with van der Waals surface area (Å²) in [5.74, 6) is 1.67. The van der Waals surface area contributed by atoms with Gasteiger partial charge in [0.15, 0.2) is 0 Å². The van der Waals surface area contributed by atoms with E-state index < -0.39 is 6.10 Å². The number of aryl methyl sites for hydroxylation is 2. The SMILES string of the molecule is Cc1cc(C(C)O)c(C)o1. The Morgan fingerprint density at radius 1 is 1.50 bits per heavy atom. The zero-order valence-electron chi connectivity index (χ0n) is 6.51. The van der Waals surface area contributed by atoms with E-state index in [-0.39, 0.29) is 0 Å². The van der Waals surface area contributed by atoms with Crippen molar-refractivity contribution in [1.29, 1.82) is 0 Å². The van der Waals surface area contributed by atoms with Crippen molar-refractivity contribution in [2.45, 2.75) is 26.9 Å². The molecule has 1 N–H and O–H groups in total. The van der Waals surface area contributed by atoms with Crippen molar-refractivity contribution in [3.05, 3.63) is 23.2 Å². The van der Waals surface area contributed by atoms with Gasteiger partial charge in [-0.3, -0.25) is 0 Å². The first kappa shape index (κ1) is 7.35. The zero-order valence-corrected chi connectivity index (χ0v) is 6.51. The fourth-order valence-corrected chi connectivity index (χ4v) is 1.07. The fraction of sp³-hybridized carbons (Fsp3) is 0.500. The Labute approximate surface area is 60.5 Å². The summed E-state index contributed by atoms with van der Waals surface area (Å²) in [7, 11) is 0. The molecule has 10 heavy (non-hydrogen) atoms. The summed E-state index contributed by atoms with van der Waals surface area (Å²) < 4.78 is 5.22. The van der Waals surface area contributed by atoms with Crippen molar-refractivity contribution in [1.82, 2.24) is 0 Å². The number of aliphatic hydroxyl groups is 1. The Kier molecular flexibility index (Phi) is 1.81. The van der Waals surface area contributed by atoms with Crippen LogP contribution in [0.2, 0.25) is 0 Å². The molecule has 0 bridgehead atoms. The molecule has 0 aromatic carbocycles. The highest BCUT2D eigenvalue weighted by molar-refractivity contribution is 5.21. The van der Waals surface area contributed by atoms with Gasteiger partial charge in [-0.05, 0) is 26.8 Å². The predicted octanol–water partition coefficient (Wildman–Crippen LogP) is 1.95. The fourth-order valence-electron chi connectivity index (χ4n) is 1.07. The molecule has 1 rings (SSSR count). The zero-order chi connectivity index (χ0) is 7.72. The van der Waals surface area contributed by atoms with Crippen molar-refractivity contribution >= 4 is 0 Å². The Morgan fingerprint density at radius 3 is 2.30 bits per heavy atom. The van der Waals surface area contributed by atoms with Crippen LogP contribution in [0.1, 0.15) is 30.1 Å². The van der Waals surface area contributed by atoms with Crippen molar-refractivity contribution in [3.8, 4) is 0 Å². The third-order valence-corrected chi connectivity index (χ3v) is 1.53. The molecule has 0 amide bonds. The maximum Gasteiger partial charge on any atom is 0.106 e. The second-order valence-corrected chi connectivity index (χ2v) is 2.54. The summed E-state index contributed by atoms with van der Waals surface area (Å²) in [4.78, 5) is 0. The van der Waals surface area contributed by atoms with Crippen LogP contribution in [0, 0.1) is 13.8 Å². The van der Waals surface area contributed by atoms with Crippen LogP contribution in [-0.4, -0.2) is 5.11 Å². The lowest BCUT2D eigenvalue weighted by Crippen LogP contribution is -1.89. The van der Waals surface area contributed by atoms with Crippen LogP contribution in [0.5, 0.6) is 0 Å². The first-order chi connectivity index (χ1) is 4.61. The smallest absolute Gasteiger partial charge is 0.106 e. The van der Waals surface area contributed by atoms with Gasteiger partial charge in [-0.1, -0.05) is 0 Å². The van der Waals surface area contributed by atoms with Crippen LogP contribution in [-0.2, 0) is 0 Å². The van der Waals surface area contributed by atoms with Crippen LogP contribution in [0.3, 0.4) is 0 Å². The van der Waals surface area contributed by atoms with Crippen LogP contribution < -0.4 is 0 Å². The molecule has 1 heterocycles. The predicted molar refractivity (Wildman–Crippen MR) is 38.8 cm³/mol. The quantitative estimate of drug-likeness (QED) is 0.646. The molecule has 2 heteroatoms.